The fourth-order valence-corrected chi connectivity index (χ4v) is 3.20. The maximum Gasteiger partial charge on any atom is 0.222 e. The Morgan fingerprint density at radius 2 is 2.19 bits per heavy atom. The maximum absolute atomic E-state index is 12.0. The predicted molar refractivity (Wildman–Crippen MR) is 69.7 cm³/mol. The summed E-state index contributed by atoms with van der Waals surface area (Å²) < 4.78 is 0. The quantitative estimate of drug-likeness (QED) is 0.753. The minimum atomic E-state index is 0.354. The zero-order valence-electron chi connectivity index (χ0n) is 10.2. The van der Waals surface area contributed by atoms with Crippen LogP contribution in [0.3, 0.4) is 0 Å². The lowest BCUT2D eigenvalue weighted by Gasteiger charge is -2.44. The monoisotopic (exact) mass is 241 g/mol. The number of hydrogen-bond acceptors (Lipinski definition) is 2. The van der Waals surface area contributed by atoms with E-state index in [1.807, 2.05) is 0 Å². The highest BCUT2D eigenvalue weighted by molar-refractivity contribution is 7.80. The van der Waals surface area contributed by atoms with Crippen LogP contribution in [0.25, 0.3) is 0 Å². The van der Waals surface area contributed by atoms with E-state index in [0.29, 0.717) is 17.2 Å². The van der Waals surface area contributed by atoms with E-state index in [1.165, 1.54) is 25.7 Å². The van der Waals surface area contributed by atoms with Gasteiger partial charge in [0.25, 0.3) is 0 Å². The van der Waals surface area contributed by atoms with Gasteiger partial charge in [-0.15, -0.1) is 0 Å². The number of rotatable bonds is 3. The molecule has 0 aromatic heterocycles. The lowest BCUT2D eigenvalue weighted by atomic mass is 9.70. The third-order valence-corrected chi connectivity index (χ3v) is 5.04. The van der Waals surface area contributed by atoms with Gasteiger partial charge in [0.1, 0.15) is 0 Å². The molecule has 1 saturated heterocycles. The Labute approximate surface area is 104 Å². The second-order valence-corrected chi connectivity index (χ2v) is 6.08. The third kappa shape index (κ3) is 2.55. The number of thiol groups is 1. The Kier molecular flexibility index (Phi) is 3.83. The second kappa shape index (κ2) is 4.99. The summed E-state index contributed by atoms with van der Waals surface area (Å²) in [7, 11) is 0. The summed E-state index contributed by atoms with van der Waals surface area (Å²) >= 11 is 4.47. The van der Waals surface area contributed by atoms with E-state index < -0.39 is 0 Å². The normalized spacial score (nSPS) is 29.8. The Hall–Kier alpha value is -0.180. The van der Waals surface area contributed by atoms with Gasteiger partial charge in [0.2, 0.25) is 5.91 Å². The van der Waals surface area contributed by atoms with Crippen molar-refractivity contribution in [3.05, 3.63) is 0 Å². The highest BCUT2D eigenvalue weighted by Gasteiger charge is 2.38. The molecule has 1 aliphatic carbocycles. The molecule has 1 atom stereocenters. The van der Waals surface area contributed by atoms with Gasteiger partial charge in [-0.05, 0) is 42.8 Å². The summed E-state index contributed by atoms with van der Waals surface area (Å²) in [6.07, 6.45) is 6.84. The first-order valence-corrected chi connectivity index (χ1v) is 7.17. The lowest BCUT2D eigenvalue weighted by Crippen LogP contribution is -2.46. The van der Waals surface area contributed by atoms with Crippen LogP contribution in [0.2, 0.25) is 0 Å². The fraction of sp³-hybridized carbons (Fsp3) is 0.923. The van der Waals surface area contributed by atoms with E-state index in [2.05, 4.69) is 24.5 Å². The largest absolute Gasteiger partial charge is 0.342 e. The van der Waals surface area contributed by atoms with Crippen LogP contribution >= 0.6 is 12.6 Å². The van der Waals surface area contributed by atoms with E-state index in [-0.39, 0.29) is 0 Å². The van der Waals surface area contributed by atoms with Gasteiger partial charge in [-0.3, -0.25) is 4.79 Å². The Balaban J connectivity index is 1.94. The lowest BCUT2D eigenvalue weighted by molar-refractivity contribution is -0.133. The van der Waals surface area contributed by atoms with Gasteiger partial charge in [0, 0.05) is 19.5 Å². The van der Waals surface area contributed by atoms with Crippen molar-refractivity contribution in [1.82, 2.24) is 4.90 Å². The molecule has 1 saturated carbocycles. The summed E-state index contributed by atoms with van der Waals surface area (Å²) in [5.41, 5.74) is 0.354. The Morgan fingerprint density at radius 3 is 2.75 bits per heavy atom. The molecule has 3 heteroatoms. The fourth-order valence-electron chi connectivity index (χ4n) is 2.79. The van der Waals surface area contributed by atoms with E-state index in [1.54, 1.807) is 0 Å². The van der Waals surface area contributed by atoms with Crippen LogP contribution in [0.15, 0.2) is 0 Å². The highest BCUT2D eigenvalue weighted by atomic mass is 32.1. The minimum absolute atomic E-state index is 0.354. The van der Waals surface area contributed by atoms with Crippen LogP contribution in [0.5, 0.6) is 0 Å². The maximum atomic E-state index is 12.0. The van der Waals surface area contributed by atoms with Crippen LogP contribution in [-0.2, 0) is 4.79 Å². The van der Waals surface area contributed by atoms with Gasteiger partial charge < -0.3 is 4.90 Å². The predicted octanol–water partition coefficient (Wildman–Crippen LogP) is 2.74. The van der Waals surface area contributed by atoms with Crippen LogP contribution < -0.4 is 0 Å². The van der Waals surface area contributed by atoms with Crippen molar-refractivity contribution in [2.45, 2.75) is 45.4 Å². The number of carbonyl (C=O) groups is 1. The average molecular weight is 241 g/mol. The smallest absolute Gasteiger partial charge is 0.222 e. The van der Waals surface area contributed by atoms with Crippen molar-refractivity contribution in [2.24, 2.45) is 11.3 Å². The molecule has 2 rings (SSSR count). The zero-order valence-corrected chi connectivity index (χ0v) is 11.1. The van der Waals surface area contributed by atoms with Crippen LogP contribution in [-0.4, -0.2) is 29.6 Å². The molecule has 1 heterocycles. The van der Waals surface area contributed by atoms with Gasteiger partial charge >= 0.3 is 0 Å². The van der Waals surface area contributed by atoms with Gasteiger partial charge in [0.05, 0.1) is 0 Å². The van der Waals surface area contributed by atoms with Gasteiger partial charge in [0.15, 0.2) is 0 Å². The minimum Gasteiger partial charge on any atom is -0.342 e. The average Bonchev–Trinajstić information content (AvgIpc) is 2.37. The molecule has 2 nitrogen and oxygen atoms in total. The van der Waals surface area contributed by atoms with Crippen LogP contribution in [0, 0.1) is 11.3 Å². The number of carbonyl (C=O) groups excluding carboxylic acids is 1. The van der Waals surface area contributed by atoms with Crippen molar-refractivity contribution in [1.29, 1.82) is 0 Å². The van der Waals surface area contributed by atoms with Crippen molar-refractivity contribution in [2.75, 3.05) is 18.8 Å². The molecule has 0 bridgehead atoms. The second-order valence-electron chi connectivity index (χ2n) is 5.76. The highest BCUT2D eigenvalue weighted by Crippen LogP contribution is 2.42. The topological polar surface area (TPSA) is 20.3 Å². The van der Waals surface area contributed by atoms with Crippen LogP contribution in [0.4, 0.5) is 0 Å². The molecule has 2 fully saturated rings. The van der Waals surface area contributed by atoms with E-state index in [0.717, 1.165) is 31.7 Å². The first kappa shape index (κ1) is 12.3. The van der Waals surface area contributed by atoms with Crippen molar-refractivity contribution in [3.63, 3.8) is 0 Å². The molecule has 1 aliphatic heterocycles. The SMILES string of the molecule is CC1CCC(=O)N(CC2(CS)CCC2)CC1. The molecule has 92 valence electrons. The van der Waals surface area contributed by atoms with Crippen molar-refractivity contribution >= 4 is 18.5 Å². The first-order valence-electron chi connectivity index (χ1n) is 6.54. The molecule has 0 aromatic rings. The molecule has 1 unspecified atom stereocenters. The number of amides is 1. The summed E-state index contributed by atoms with van der Waals surface area (Å²) in [5, 5.41) is 0. The molecular formula is C13H23NOS. The van der Waals surface area contributed by atoms with E-state index in [9.17, 15) is 4.79 Å². The standard InChI is InChI=1S/C13H23NOS/c1-11-3-4-12(15)14(8-5-11)9-13(10-16)6-2-7-13/h11,16H,2-10H2,1H3. The third-order valence-electron chi connectivity index (χ3n) is 4.37. The summed E-state index contributed by atoms with van der Waals surface area (Å²) in [6, 6.07) is 0. The molecule has 0 aromatic carbocycles. The Bertz CT molecular complexity index is 257. The van der Waals surface area contributed by atoms with Crippen molar-refractivity contribution in [3.8, 4) is 0 Å². The van der Waals surface area contributed by atoms with E-state index in [4.69, 9.17) is 0 Å². The van der Waals surface area contributed by atoms with Gasteiger partial charge in [-0.2, -0.15) is 12.6 Å². The molecule has 0 spiro atoms. The van der Waals surface area contributed by atoms with E-state index >= 15 is 0 Å². The first-order chi connectivity index (χ1) is 7.65. The summed E-state index contributed by atoms with van der Waals surface area (Å²) in [4.78, 5) is 14.1. The Morgan fingerprint density at radius 1 is 1.44 bits per heavy atom. The molecule has 0 radical (unpaired) electrons. The zero-order chi connectivity index (χ0) is 11.6. The molecule has 16 heavy (non-hydrogen) atoms. The molecular weight excluding hydrogens is 218 g/mol. The number of nitrogens with zero attached hydrogens (tertiary/aromatic N) is 1. The summed E-state index contributed by atoms with van der Waals surface area (Å²) in [5.74, 6) is 2.02. The number of likely N-dealkylation sites (tertiary alicyclic amines) is 1. The van der Waals surface area contributed by atoms with Crippen molar-refractivity contribution < 1.29 is 4.79 Å². The van der Waals surface area contributed by atoms with Gasteiger partial charge in [-0.1, -0.05) is 13.3 Å². The number of hydrogen-bond donors (Lipinski definition) is 1. The summed E-state index contributed by atoms with van der Waals surface area (Å²) in [6.45, 7) is 4.19. The molecule has 0 N–H and O–H groups in total. The van der Waals surface area contributed by atoms with Gasteiger partial charge in [-0.25, -0.2) is 0 Å². The molecule has 2 aliphatic rings. The van der Waals surface area contributed by atoms with Crippen LogP contribution in [0.1, 0.15) is 45.4 Å². The molecule has 1 amide bonds.